The molecule has 4 aliphatic rings. The predicted octanol–water partition coefficient (Wildman–Crippen LogP) is 0.344. The van der Waals surface area contributed by atoms with Crippen molar-refractivity contribution in [2.24, 2.45) is 23.7 Å². The maximum atomic E-state index is 11.7. The Morgan fingerprint density at radius 3 is 2.00 bits per heavy atom. The van der Waals surface area contributed by atoms with Gasteiger partial charge in [-0.25, -0.2) is 0 Å². The van der Waals surface area contributed by atoms with E-state index in [0.29, 0.717) is 24.0 Å². The average molecular weight is 190 g/mol. The molecule has 3 aliphatic carbocycles. The van der Waals surface area contributed by atoms with E-state index >= 15 is 0 Å². The minimum absolute atomic E-state index is 0.0405. The van der Waals surface area contributed by atoms with Gasteiger partial charge in [0.1, 0.15) is 0 Å². The van der Waals surface area contributed by atoms with Crippen LogP contribution in [0.2, 0.25) is 0 Å². The van der Waals surface area contributed by atoms with Crippen molar-refractivity contribution in [1.82, 2.24) is 0 Å². The molecule has 2 saturated carbocycles. The standard InChI is InChI=1S/C11H10O3/c12-6-1-2-7(13)9-5-3-4(8(6)9)10-11(5)14-10/h1-2,4-5,8-11H,3H2/t4-,5-,8-,9+,10+,11+/m1/s1. The van der Waals surface area contributed by atoms with Crippen LogP contribution in [0.4, 0.5) is 0 Å². The predicted molar refractivity (Wildman–Crippen MR) is 46.4 cm³/mol. The summed E-state index contributed by atoms with van der Waals surface area (Å²) in [6, 6.07) is 0. The lowest BCUT2D eigenvalue weighted by Crippen LogP contribution is -2.39. The maximum Gasteiger partial charge on any atom is 0.160 e. The molecule has 0 radical (unpaired) electrons. The van der Waals surface area contributed by atoms with Crippen LogP contribution in [-0.2, 0) is 14.3 Å². The molecule has 72 valence electrons. The molecule has 0 aromatic rings. The van der Waals surface area contributed by atoms with Gasteiger partial charge in [0.25, 0.3) is 0 Å². The molecule has 0 spiro atoms. The molecule has 0 amide bonds. The van der Waals surface area contributed by atoms with Crippen molar-refractivity contribution in [3.05, 3.63) is 12.2 Å². The first kappa shape index (κ1) is 7.35. The topological polar surface area (TPSA) is 46.7 Å². The zero-order valence-electron chi connectivity index (χ0n) is 7.55. The van der Waals surface area contributed by atoms with Crippen LogP contribution >= 0.6 is 0 Å². The van der Waals surface area contributed by atoms with E-state index in [1.54, 1.807) is 0 Å². The number of fused-ring (bicyclic) bond motifs is 8. The van der Waals surface area contributed by atoms with E-state index in [4.69, 9.17) is 4.74 Å². The van der Waals surface area contributed by atoms with Crippen molar-refractivity contribution < 1.29 is 14.3 Å². The summed E-state index contributed by atoms with van der Waals surface area (Å²) in [4.78, 5) is 23.4. The van der Waals surface area contributed by atoms with Gasteiger partial charge in [-0.15, -0.1) is 0 Å². The van der Waals surface area contributed by atoms with Crippen molar-refractivity contribution in [2.45, 2.75) is 18.6 Å². The molecule has 6 atom stereocenters. The molecule has 0 aromatic heterocycles. The summed E-state index contributed by atoms with van der Waals surface area (Å²) < 4.78 is 5.50. The monoisotopic (exact) mass is 190 g/mol. The van der Waals surface area contributed by atoms with Crippen molar-refractivity contribution in [3.63, 3.8) is 0 Å². The Balaban J connectivity index is 1.84. The molecule has 1 aliphatic heterocycles. The molecule has 0 aromatic carbocycles. The third-order valence-corrected chi connectivity index (χ3v) is 4.33. The smallest absolute Gasteiger partial charge is 0.160 e. The third kappa shape index (κ3) is 0.630. The fraction of sp³-hybridized carbons (Fsp3) is 0.636. The highest BCUT2D eigenvalue weighted by Crippen LogP contribution is 2.62. The zero-order valence-corrected chi connectivity index (χ0v) is 7.55. The fourth-order valence-electron chi connectivity index (χ4n) is 3.80. The largest absolute Gasteiger partial charge is 0.369 e. The van der Waals surface area contributed by atoms with Gasteiger partial charge >= 0.3 is 0 Å². The van der Waals surface area contributed by atoms with E-state index in [1.165, 1.54) is 12.2 Å². The van der Waals surface area contributed by atoms with Crippen molar-refractivity contribution in [1.29, 1.82) is 0 Å². The van der Waals surface area contributed by atoms with Gasteiger partial charge < -0.3 is 4.74 Å². The Morgan fingerprint density at radius 2 is 1.50 bits per heavy atom. The highest BCUT2D eigenvalue weighted by Gasteiger charge is 2.70. The van der Waals surface area contributed by atoms with Crippen molar-refractivity contribution in [2.75, 3.05) is 0 Å². The molecule has 3 heteroatoms. The van der Waals surface area contributed by atoms with Gasteiger partial charge in [0.05, 0.1) is 12.2 Å². The van der Waals surface area contributed by atoms with Crippen molar-refractivity contribution >= 4 is 11.6 Å². The number of ether oxygens (including phenoxy) is 1. The highest BCUT2D eigenvalue weighted by molar-refractivity contribution is 6.08. The second kappa shape index (κ2) is 2.01. The minimum Gasteiger partial charge on any atom is -0.369 e. The first-order valence-corrected chi connectivity index (χ1v) is 5.18. The summed E-state index contributed by atoms with van der Waals surface area (Å²) in [5.74, 6) is 0.905. The molecule has 4 rings (SSSR count). The van der Waals surface area contributed by atoms with Crippen LogP contribution in [0, 0.1) is 23.7 Å². The van der Waals surface area contributed by atoms with Crippen molar-refractivity contribution in [3.8, 4) is 0 Å². The van der Waals surface area contributed by atoms with Crippen LogP contribution in [0.3, 0.4) is 0 Å². The average Bonchev–Trinajstić information content (AvgIpc) is 2.79. The minimum atomic E-state index is -0.0405. The Hall–Kier alpha value is -0.960. The Labute approximate surface area is 81.1 Å². The van der Waals surface area contributed by atoms with E-state index in [1.807, 2.05) is 0 Å². The lowest BCUT2D eigenvalue weighted by Gasteiger charge is -2.27. The van der Waals surface area contributed by atoms with Crippen LogP contribution in [0.15, 0.2) is 12.2 Å². The molecular formula is C11H10O3. The molecule has 1 heterocycles. The number of ketones is 2. The number of rotatable bonds is 0. The van der Waals surface area contributed by atoms with E-state index in [2.05, 4.69) is 0 Å². The van der Waals surface area contributed by atoms with E-state index < -0.39 is 0 Å². The van der Waals surface area contributed by atoms with Gasteiger partial charge in [-0.2, -0.15) is 0 Å². The summed E-state index contributed by atoms with van der Waals surface area (Å²) in [5, 5.41) is 0. The lowest BCUT2D eigenvalue weighted by atomic mass is 9.72. The first-order chi connectivity index (χ1) is 6.77. The van der Waals surface area contributed by atoms with Crippen LogP contribution < -0.4 is 0 Å². The molecule has 3 fully saturated rings. The molecule has 2 bridgehead atoms. The Bertz CT molecular complexity index is 350. The molecule has 0 N–H and O–H groups in total. The quantitative estimate of drug-likeness (QED) is 0.517. The number of carbonyl (C=O) groups is 2. The summed E-state index contributed by atoms with van der Waals surface area (Å²) in [6.45, 7) is 0. The van der Waals surface area contributed by atoms with E-state index in [-0.39, 0.29) is 23.4 Å². The molecule has 3 nitrogen and oxygen atoms in total. The molecule has 14 heavy (non-hydrogen) atoms. The SMILES string of the molecule is O=C1C=CC(=O)[C@H]2[C@H]3C[C@@H]([C@@H]4O[C@@H]34)[C@@H]12. The third-order valence-electron chi connectivity index (χ3n) is 4.33. The summed E-state index contributed by atoms with van der Waals surface area (Å²) in [7, 11) is 0. The van der Waals surface area contributed by atoms with Gasteiger partial charge in [0.15, 0.2) is 11.6 Å². The van der Waals surface area contributed by atoms with Gasteiger partial charge in [-0.05, 0) is 30.4 Å². The van der Waals surface area contributed by atoms with Crippen LogP contribution in [0.25, 0.3) is 0 Å². The summed E-state index contributed by atoms with van der Waals surface area (Å²) in [6.07, 6.45) is 4.57. The van der Waals surface area contributed by atoms with Crippen LogP contribution in [0.5, 0.6) is 0 Å². The number of epoxide rings is 1. The van der Waals surface area contributed by atoms with Gasteiger partial charge in [-0.1, -0.05) is 0 Å². The maximum absolute atomic E-state index is 11.7. The first-order valence-electron chi connectivity index (χ1n) is 5.18. The fourth-order valence-corrected chi connectivity index (χ4v) is 3.80. The van der Waals surface area contributed by atoms with Gasteiger partial charge in [0.2, 0.25) is 0 Å². The summed E-state index contributed by atoms with van der Waals surface area (Å²) >= 11 is 0. The number of hydrogen-bond donors (Lipinski definition) is 0. The van der Waals surface area contributed by atoms with Crippen LogP contribution in [-0.4, -0.2) is 23.8 Å². The van der Waals surface area contributed by atoms with E-state index in [9.17, 15) is 9.59 Å². The Kier molecular flexibility index (Phi) is 1.05. The lowest BCUT2D eigenvalue weighted by molar-refractivity contribution is -0.130. The van der Waals surface area contributed by atoms with Gasteiger partial charge in [0, 0.05) is 11.8 Å². The molecular weight excluding hydrogens is 180 g/mol. The second-order valence-corrected chi connectivity index (χ2v) is 4.82. The normalized spacial score (nSPS) is 57.4. The second-order valence-electron chi connectivity index (χ2n) is 4.82. The highest BCUT2D eigenvalue weighted by atomic mass is 16.6. The Morgan fingerprint density at radius 1 is 1.00 bits per heavy atom. The number of hydrogen-bond acceptors (Lipinski definition) is 3. The van der Waals surface area contributed by atoms with Crippen LogP contribution in [0.1, 0.15) is 6.42 Å². The molecule has 1 saturated heterocycles. The molecule has 0 unspecified atom stereocenters. The van der Waals surface area contributed by atoms with E-state index in [0.717, 1.165) is 6.42 Å². The zero-order chi connectivity index (χ0) is 9.45. The number of allylic oxidation sites excluding steroid dienone is 2. The number of carbonyl (C=O) groups excluding carboxylic acids is 2. The van der Waals surface area contributed by atoms with Gasteiger partial charge in [-0.3, -0.25) is 9.59 Å². The summed E-state index contributed by atoms with van der Waals surface area (Å²) in [5.41, 5.74) is 0.